The molecular formula is C22H28N2O4S. The van der Waals surface area contributed by atoms with E-state index in [1.54, 1.807) is 59.5 Å². The van der Waals surface area contributed by atoms with Crippen molar-refractivity contribution in [1.29, 1.82) is 0 Å². The molecule has 0 unspecified atom stereocenters. The second-order valence-electron chi connectivity index (χ2n) is 7.05. The lowest BCUT2D eigenvalue weighted by Crippen LogP contribution is -2.43. The molecule has 1 amide bonds. The Bertz CT molecular complexity index is 890. The van der Waals surface area contributed by atoms with Crippen LogP contribution in [0.3, 0.4) is 0 Å². The highest BCUT2D eigenvalue weighted by Gasteiger charge is 2.29. The van der Waals surface area contributed by atoms with Crippen molar-refractivity contribution in [3.8, 4) is 5.75 Å². The molecule has 2 aromatic carbocycles. The first-order valence-corrected chi connectivity index (χ1v) is 11.5. The van der Waals surface area contributed by atoms with Gasteiger partial charge in [-0.25, -0.2) is 8.42 Å². The predicted octanol–water partition coefficient (Wildman–Crippen LogP) is 3.68. The first kappa shape index (κ1) is 21.2. The number of nitrogens with zero attached hydrogens (tertiary/aromatic N) is 2. The standard InChI is InChI=1S/C22H28N2O4S/c1-2-28-20-14-12-19(13-15-20)24(29(26,27)21-10-6-5-7-11-21)18-22(25)23-16-8-3-4-9-17-23/h5-7,10-15H,2-4,8-9,16-18H2,1H3. The summed E-state index contributed by atoms with van der Waals surface area (Å²) in [4.78, 5) is 14.9. The molecule has 1 heterocycles. The van der Waals surface area contributed by atoms with Crippen molar-refractivity contribution in [2.75, 3.05) is 30.5 Å². The van der Waals surface area contributed by atoms with Crippen molar-refractivity contribution in [1.82, 2.24) is 4.90 Å². The van der Waals surface area contributed by atoms with Crippen molar-refractivity contribution in [3.63, 3.8) is 0 Å². The number of anilines is 1. The summed E-state index contributed by atoms with van der Waals surface area (Å²) in [5, 5.41) is 0. The molecule has 0 aliphatic carbocycles. The average molecular weight is 417 g/mol. The van der Waals surface area contributed by atoms with E-state index in [4.69, 9.17) is 4.74 Å². The number of hydrogen-bond acceptors (Lipinski definition) is 4. The molecule has 1 aliphatic rings. The van der Waals surface area contributed by atoms with Crippen LogP contribution >= 0.6 is 0 Å². The fraction of sp³-hybridized carbons (Fsp3) is 0.409. The minimum atomic E-state index is -3.88. The topological polar surface area (TPSA) is 66.9 Å². The average Bonchev–Trinajstić information content (AvgIpc) is 3.03. The minimum Gasteiger partial charge on any atom is -0.494 e. The molecule has 3 rings (SSSR count). The molecular weight excluding hydrogens is 388 g/mol. The normalized spacial score (nSPS) is 14.9. The minimum absolute atomic E-state index is 0.164. The molecule has 0 saturated carbocycles. The molecule has 1 saturated heterocycles. The third-order valence-corrected chi connectivity index (χ3v) is 6.79. The SMILES string of the molecule is CCOc1ccc(N(CC(=O)N2CCCCCC2)S(=O)(=O)c2ccccc2)cc1. The molecule has 0 atom stereocenters. The Hall–Kier alpha value is -2.54. The van der Waals surface area contributed by atoms with Gasteiger partial charge in [-0.1, -0.05) is 31.0 Å². The van der Waals surface area contributed by atoms with Crippen LogP contribution in [0.4, 0.5) is 5.69 Å². The number of ether oxygens (including phenoxy) is 1. The fourth-order valence-electron chi connectivity index (χ4n) is 3.45. The van der Waals surface area contributed by atoms with Crippen LogP contribution in [0, 0.1) is 0 Å². The summed E-state index contributed by atoms with van der Waals surface area (Å²) in [6.45, 7) is 3.56. The number of carbonyl (C=O) groups is 1. The van der Waals surface area contributed by atoms with Crippen LogP contribution in [0.25, 0.3) is 0 Å². The highest BCUT2D eigenvalue weighted by Crippen LogP contribution is 2.26. The van der Waals surface area contributed by atoms with E-state index in [9.17, 15) is 13.2 Å². The largest absolute Gasteiger partial charge is 0.494 e. The Morgan fingerprint density at radius 1 is 0.966 bits per heavy atom. The summed E-state index contributed by atoms with van der Waals surface area (Å²) in [6, 6.07) is 15.0. The van der Waals surface area contributed by atoms with Crippen LogP contribution in [0.5, 0.6) is 5.75 Å². The zero-order chi connectivity index (χ0) is 20.7. The smallest absolute Gasteiger partial charge is 0.264 e. The van der Waals surface area contributed by atoms with Gasteiger partial charge in [-0.05, 0) is 56.2 Å². The van der Waals surface area contributed by atoms with Crippen LogP contribution in [-0.2, 0) is 14.8 Å². The molecule has 1 fully saturated rings. The molecule has 29 heavy (non-hydrogen) atoms. The third-order valence-electron chi connectivity index (χ3n) is 5.00. The highest BCUT2D eigenvalue weighted by molar-refractivity contribution is 7.92. The summed E-state index contributed by atoms with van der Waals surface area (Å²) in [7, 11) is -3.88. The lowest BCUT2D eigenvalue weighted by atomic mass is 10.2. The number of likely N-dealkylation sites (tertiary alicyclic amines) is 1. The summed E-state index contributed by atoms with van der Waals surface area (Å²) < 4.78 is 33.4. The lowest BCUT2D eigenvalue weighted by molar-refractivity contribution is -0.129. The zero-order valence-corrected chi connectivity index (χ0v) is 17.6. The van der Waals surface area contributed by atoms with E-state index in [1.807, 2.05) is 6.92 Å². The van der Waals surface area contributed by atoms with Gasteiger partial charge in [0.25, 0.3) is 10.0 Å². The first-order valence-electron chi connectivity index (χ1n) is 10.1. The van der Waals surface area contributed by atoms with E-state index < -0.39 is 10.0 Å². The maximum absolute atomic E-state index is 13.4. The van der Waals surface area contributed by atoms with Crippen LogP contribution < -0.4 is 9.04 Å². The quantitative estimate of drug-likeness (QED) is 0.691. The van der Waals surface area contributed by atoms with E-state index in [0.717, 1.165) is 25.7 Å². The highest BCUT2D eigenvalue weighted by atomic mass is 32.2. The Labute approximate surface area is 173 Å². The Morgan fingerprint density at radius 2 is 1.59 bits per heavy atom. The Balaban J connectivity index is 1.91. The van der Waals surface area contributed by atoms with E-state index in [1.165, 1.54) is 4.31 Å². The van der Waals surface area contributed by atoms with Crippen molar-refractivity contribution >= 4 is 21.6 Å². The van der Waals surface area contributed by atoms with Gasteiger partial charge < -0.3 is 9.64 Å². The molecule has 0 N–H and O–H groups in total. The summed E-state index contributed by atoms with van der Waals surface area (Å²) in [5.74, 6) is 0.493. The first-order chi connectivity index (χ1) is 14.0. The number of hydrogen-bond donors (Lipinski definition) is 0. The molecule has 0 bridgehead atoms. The van der Waals surface area contributed by atoms with Gasteiger partial charge in [-0.3, -0.25) is 9.10 Å². The van der Waals surface area contributed by atoms with Crippen molar-refractivity contribution < 1.29 is 17.9 Å². The number of amides is 1. The van der Waals surface area contributed by atoms with E-state index in [-0.39, 0.29) is 17.3 Å². The summed E-state index contributed by atoms with van der Waals surface area (Å²) >= 11 is 0. The van der Waals surface area contributed by atoms with Gasteiger partial charge >= 0.3 is 0 Å². The van der Waals surface area contributed by atoms with Gasteiger partial charge in [0, 0.05) is 13.1 Å². The van der Waals surface area contributed by atoms with Crippen LogP contribution in [-0.4, -0.2) is 45.5 Å². The van der Waals surface area contributed by atoms with E-state index in [2.05, 4.69) is 0 Å². The van der Waals surface area contributed by atoms with Crippen LogP contribution in [0.1, 0.15) is 32.6 Å². The zero-order valence-electron chi connectivity index (χ0n) is 16.8. The Kier molecular flexibility index (Phi) is 7.14. The van der Waals surface area contributed by atoms with E-state index >= 15 is 0 Å². The number of carbonyl (C=O) groups excluding carboxylic acids is 1. The monoisotopic (exact) mass is 416 g/mol. The van der Waals surface area contributed by atoms with Crippen LogP contribution in [0.15, 0.2) is 59.5 Å². The number of rotatable bonds is 7. The van der Waals surface area contributed by atoms with Gasteiger partial charge in [0.15, 0.2) is 0 Å². The van der Waals surface area contributed by atoms with Gasteiger partial charge in [-0.15, -0.1) is 0 Å². The van der Waals surface area contributed by atoms with Crippen molar-refractivity contribution in [2.45, 2.75) is 37.5 Å². The third kappa shape index (κ3) is 5.29. The molecule has 6 nitrogen and oxygen atoms in total. The fourth-order valence-corrected chi connectivity index (χ4v) is 4.89. The molecule has 2 aromatic rings. The second kappa shape index (κ2) is 9.78. The van der Waals surface area contributed by atoms with Crippen molar-refractivity contribution in [2.24, 2.45) is 0 Å². The maximum atomic E-state index is 13.4. The number of sulfonamides is 1. The van der Waals surface area contributed by atoms with Gasteiger partial charge in [0.1, 0.15) is 12.3 Å². The molecule has 0 radical (unpaired) electrons. The number of benzene rings is 2. The Morgan fingerprint density at radius 3 is 2.17 bits per heavy atom. The molecule has 0 spiro atoms. The molecule has 0 aromatic heterocycles. The van der Waals surface area contributed by atoms with Gasteiger partial charge in [0.2, 0.25) is 5.91 Å². The van der Waals surface area contributed by atoms with Gasteiger partial charge in [-0.2, -0.15) is 0 Å². The molecule has 156 valence electrons. The predicted molar refractivity (Wildman–Crippen MR) is 114 cm³/mol. The molecule has 1 aliphatic heterocycles. The molecule has 7 heteroatoms. The maximum Gasteiger partial charge on any atom is 0.264 e. The summed E-state index contributed by atoms with van der Waals surface area (Å²) in [5.41, 5.74) is 0.445. The van der Waals surface area contributed by atoms with Crippen LogP contribution in [0.2, 0.25) is 0 Å². The van der Waals surface area contributed by atoms with E-state index in [0.29, 0.717) is 31.1 Å². The summed E-state index contributed by atoms with van der Waals surface area (Å²) in [6.07, 6.45) is 4.13. The van der Waals surface area contributed by atoms with Crippen molar-refractivity contribution in [3.05, 3.63) is 54.6 Å². The lowest BCUT2D eigenvalue weighted by Gasteiger charge is -2.28. The van der Waals surface area contributed by atoms with Gasteiger partial charge in [0.05, 0.1) is 17.2 Å². The second-order valence-corrected chi connectivity index (χ2v) is 8.91.